The van der Waals surface area contributed by atoms with Crippen LogP contribution in [0.4, 0.5) is 0 Å². The molecule has 5 heteroatoms. The Balaban J connectivity index is 2.72. The highest BCUT2D eigenvalue weighted by molar-refractivity contribution is 7.90. The smallest absolute Gasteiger partial charge is 0.148 e. The number of hydrogen-bond donors (Lipinski definition) is 1. The van der Waals surface area contributed by atoms with Crippen LogP contribution in [0.25, 0.3) is 0 Å². The minimum absolute atomic E-state index is 0.251. The molecule has 1 N–H and O–H groups in total. The zero-order valence-electron chi connectivity index (χ0n) is 13.8. The summed E-state index contributed by atoms with van der Waals surface area (Å²) in [6.45, 7) is 8.51. The van der Waals surface area contributed by atoms with Crippen LogP contribution in [0.5, 0.6) is 0 Å². The van der Waals surface area contributed by atoms with Gasteiger partial charge in [-0.25, -0.2) is 8.42 Å². The van der Waals surface area contributed by atoms with Gasteiger partial charge < -0.3 is 10.2 Å². The monoisotopic (exact) mass is 304 g/mol. The molecule has 0 radical (unpaired) electrons. The number of likely N-dealkylation sites (N-methyl/N-ethyl adjacent to an activating group) is 1. The van der Waals surface area contributed by atoms with Crippen LogP contribution in [-0.2, 0) is 9.84 Å². The molecule has 1 saturated carbocycles. The molecule has 0 aromatic rings. The van der Waals surface area contributed by atoms with Crippen LogP contribution in [0.15, 0.2) is 0 Å². The van der Waals surface area contributed by atoms with E-state index in [1.165, 1.54) is 19.1 Å². The second-order valence-electron chi connectivity index (χ2n) is 6.99. The van der Waals surface area contributed by atoms with Crippen LogP contribution in [0, 0.1) is 5.41 Å². The van der Waals surface area contributed by atoms with Crippen molar-refractivity contribution in [3.8, 4) is 0 Å². The summed E-state index contributed by atoms with van der Waals surface area (Å²) in [6.07, 6.45) is 6.08. The molecule has 1 fully saturated rings. The molecule has 1 rings (SSSR count). The first-order valence-corrected chi connectivity index (χ1v) is 9.85. The molecule has 0 aromatic heterocycles. The third kappa shape index (κ3) is 5.34. The van der Waals surface area contributed by atoms with E-state index in [0.717, 1.165) is 19.4 Å². The van der Waals surface area contributed by atoms with Crippen LogP contribution in [-0.4, -0.2) is 57.5 Å². The van der Waals surface area contributed by atoms with E-state index in [1.54, 1.807) is 0 Å². The van der Waals surface area contributed by atoms with Crippen molar-refractivity contribution in [2.45, 2.75) is 58.5 Å². The zero-order valence-corrected chi connectivity index (χ0v) is 14.6. The Bertz CT molecular complexity index is 393. The molecule has 1 aliphatic rings. The highest BCUT2D eigenvalue weighted by Crippen LogP contribution is 2.37. The van der Waals surface area contributed by atoms with E-state index in [1.807, 2.05) is 0 Å². The lowest BCUT2D eigenvalue weighted by Gasteiger charge is -2.48. The summed E-state index contributed by atoms with van der Waals surface area (Å²) in [7, 11) is -0.816. The molecular weight excluding hydrogens is 272 g/mol. The van der Waals surface area contributed by atoms with Gasteiger partial charge in [0.25, 0.3) is 0 Å². The first kappa shape index (κ1) is 17.9. The lowest BCUT2D eigenvalue weighted by Crippen LogP contribution is -2.58. The topological polar surface area (TPSA) is 49.4 Å². The van der Waals surface area contributed by atoms with Gasteiger partial charge in [0.05, 0.1) is 5.75 Å². The van der Waals surface area contributed by atoms with E-state index in [4.69, 9.17) is 0 Å². The van der Waals surface area contributed by atoms with Gasteiger partial charge in [-0.2, -0.15) is 0 Å². The summed E-state index contributed by atoms with van der Waals surface area (Å²) in [5, 5.41) is 3.70. The summed E-state index contributed by atoms with van der Waals surface area (Å²) in [6, 6.07) is 0.882. The number of nitrogens with zero attached hydrogens (tertiary/aromatic N) is 1. The average Bonchev–Trinajstić information content (AvgIpc) is 2.32. The van der Waals surface area contributed by atoms with Crippen molar-refractivity contribution in [2.24, 2.45) is 5.41 Å². The zero-order chi connectivity index (χ0) is 15.4. The van der Waals surface area contributed by atoms with Crippen LogP contribution < -0.4 is 5.32 Å². The molecule has 20 heavy (non-hydrogen) atoms. The van der Waals surface area contributed by atoms with Crippen molar-refractivity contribution >= 4 is 9.84 Å². The minimum Gasteiger partial charge on any atom is -0.312 e. The number of hydrogen-bond acceptors (Lipinski definition) is 4. The molecular formula is C15H32N2O2S. The van der Waals surface area contributed by atoms with E-state index in [-0.39, 0.29) is 11.2 Å². The van der Waals surface area contributed by atoms with Gasteiger partial charge in [-0.05, 0) is 38.3 Å². The molecule has 1 aliphatic carbocycles. The van der Waals surface area contributed by atoms with E-state index < -0.39 is 9.84 Å². The largest absolute Gasteiger partial charge is 0.312 e. The van der Waals surface area contributed by atoms with Gasteiger partial charge in [0.1, 0.15) is 9.84 Å². The predicted octanol–water partition coefficient (Wildman–Crippen LogP) is 1.91. The van der Waals surface area contributed by atoms with Crippen molar-refractivity contribution in [3.05, 3.63) is 0 Å². The molecule has 2 atom stereocenters. The lowest BCUT2D eigenvalue weighted by molar-refractivity contribution is 0.0660. The van der Waals surface area contributed by atoms with Gasteiger partial charge in [-0.3, -0.25) is 0 Å². The van der Waals surface area contributed by atoms with Gasteiger partial charge >= 0.3 is 0 Å². The standard InChI is InChI=1S/C15H32N2O2S/c1-6-10-16-14-13(8-7-9-15(14,2)3)17(4)11-12-20(5,18)19/h13-14,16H,6-12H2,1-5H3. The molecule has 0 spiro atoms. The summed E-state index contributed by atoms with van der Waals surface area (Å²) in [4.78, 5) is 2.25. The van der Waals surface area contributed by atoms with Crippen molar-refractivity contribution in [2.75, 3.05) is 32.1 Å². The van der Waals surface area contributed by atoms with E-state index in [2.05, 4.69) is 38.0 Å². The van der Waals surface area contributed by atoms with Crippen molar-refractivity contribution < 1.29 is 8.42 Å². The Morgan fingerprint density at radius 2 is 2.00 bits per heavy atom. The minimum atomic E-state index is -2.88. The molecule has 0 aliphatic heterocycles. The molecule has 0 amide bonds. The van der Waals surface area contributed by atoms with Crippen molar-refractivity contribution in [1.29, 1.82) is 0 Å². The van der Waals surface area contributed by atoms with Gasteiger partial charge in [0.15, 0.2) is 0 Å². The maximum Gasteiger partial charge on any atom is 0.148 e. The van der Waals surface area contributed by atoms with Gasteiger partial charge in [-0.15, -0.1) is 0 Å². The number of nitrogens with one attached hydrogen (secondary N) is 1. The fourth-order valence-corrected chi connectivity index (χ4v) is 3.89. The molecule has 0 heterocycles. The second kappa shape index (κ2) is 7.23. The molecule has 0 aromatic carbocycles. The molecule has 0 saturated heterocycles. The van der Waals surface area contributed by atoms with Crippen LogP contribution in [0.3, 0.4) is 0 Å². The van der Waals surface area contributed by atoms with Crippen molar-refractivity contribution in [1.82, 2.24) is 10.2 Å². The van der Waals surface area contributed by atoms with E-state index >= 15 is 0 Å². The Kier molecular flexibility index (Phi) is 6.48. The Morgan fingerprint density at radius 3 is 2.55 bits per heavy atom. The summed E-state index contributed by atoms with van der Waals surface area (Å²) < 4.78 is 22.7. The third-order valence-corrected chi connectivity index (χ3v) is 5.47. The fraction of sp³-hybridized carbons (Fsp3) is 1.00. The average molecular weight is 305 g/mol. The maximum atomic E-state index is 11.4. The summed E-state index contributed by atoms with van der Waals surface area (Å²) in [5.41, 5.74) is 0.275. The van der Waals surface area contributed by atoms with Gasteiger partial charge in [-0.1, -0.05) is 27.2 Å². The highest BCUT2D eigenvalue weighted by atomic mass is 32.2. The number of sulfone groups is 1. The molecule has 2 unspecified atom stereocenters. The normalized spacial score (nSPS) is 26.9. The van der Waals surface area contributed by atoms with E-state index in [0.29, 0.717) is 18.6 Å². The third-order valence-electron chi connectivity index (χ3n) is 4.54. The van der Waals surface area contributed by atoms with E-state index in [9.17, 15) is 8.42 Å². The maximum absolute atomic E-state index is 11.4. The summed E-state index contributed by atoms with van der Waals surface area (Å²) >= 11 is 0. The Morgan fingerprint density at radius 1 is 1.35 bits per heavy atom. The molecule has 120 valence electrons. The van der Waals surface area contributed by atoms with Gasteiger partial charge in [0, 0.05) is 24.9 Å². The first-order chi connectivity index (χ1) is 9.17. The van der Waals surface area contributed by atoms with Crippen LogP contribution >= 0.6 is 0 Å². The van der Waals surface area contributed by atoms with Crippen molar-refractivity contribution in [3.63, 3.8) is 0 Å². The SMILES string of the molecule is CCCNC1C(N(C)CCS(C)(=O)=O)CCCC1(C)C. The quantitative estimate of drug-likeness (QED) is 0.780. The fourth-order valence-electron chi connectivity index (χ4n) is 3.27. The van der Waals surface area contributed by atoms with Crippen LogP contribution in [0.1, 0.15) is 46.5 Å². The van der Waals surface area contributed by atoms with Gasteiger partial charge in [0.2, 0.25) is 0 Å². The second-order valence-corrected chi connectivity index (χ2v) is 9.25. The number of rotatable bonds is 7. The Labute approximate surface area is 125 Å². The first-order valence-electron chi connectivity index (χ1n) is 7.79. The molecule has 0 bridgehead atoms. The highest BCUT2D eigenvalue weighted by Gasteiger charge is 2.40. The Hall–Kier alpha value is -0.130. The van der Waals surface area contributed by atoms with Crippen LogP contribution in [0.2, 0.25) is 0 Å². The lowest BCUT2D eigenvalue weighted by atomic mass is 9.70. The predicted molar refractivity (Wildman–Crippen MR) is 85.8 cm³/mol. The summed E-state index contributed by atoms with van der Waals surface area (Å²) in [5.74, 6) is 0.251. The molecule has 4 nitrogen and oxygen atoms in total.